The average Bonchev–Trinajstić information content (AvgIpc) is 2.68. The number of ether oxygens (including phenoxy) is 1. The number of ketones is 1. The van der Waals surface area contributed by atoms with Crippen LogP contribution in [0, 0.1) is 6.92 Å². The zero-order valence-electron chi connectivity index (χ0n) is 17.4. The first-order chi connectivity index (χ1) is 13.7. The van der Waals surface area contributed by atoms with Gasteiger partial charge in [-0.2, -0.15) is 0 Å². The van der Waals surface area contributed by atoms with Crippen LogP contribution in [0.3, 0.4) is 0 Å². The summed E-state index contributed by atoms with van der Waals surface area (Å²) in [6.07, 6.45) is 2.07. The van der Waals surface area contributed by atoms with Crippen LogP contribution in [0.5, 0.6) is 5.75 Å². The third-order valence-electron chi connectivity index (χ3n) is 5.43. The molecule has 2 aromatic rings. The molecule has 0 saturated carbocycles. The fraction of sp³-hybridized carbons (Fsp3) is 0.417. The Labute approximate surface area is 172 Å². The lowest BCUT2D eigenvalue weighted by Crippen LogP contribution is -2.38. The fourth-order valence-corrected chi connectivity index (χ4v) is 3.75. The number of carbonyl (C=O) groups is 2. The van der Waals surface area contributed by atoms with Gasteiger partial charge in [-0.05, 0) is 69.8 Å². The van der Waals surface area contributed by atoms with Crippen LogP contribution in [-0.2, 0) is 4.79 Å². The molecule has 1 fully saturated rings. The number of carboxylic acid groups (broad SMARTS) is 1. The van der Waals surface area contributed by atoms with Gasteiger partial charge in [-0.25, -0.2) is 4.79 Å². The van der Waals surface area contributed by atoms with Gasteiger partial charge in [-0.15, -0.1) is 0 Å². The topological polar surface area (TPSA) is 66.8 Å². The lowest BCUT2D eigenvalue weighted by atomic mass is 9.90. The minimum Gasteiger partial charge on any atom is -0.478 e. The molecule has 1 unspecified atom stereocenters. The van der Waals surface area contributed by atoms with Gasteiger partial charge in [0.25, 0.3) is 0 Å². The van der Waals surface area contributed by atoms with Gasteiger partial charge in [0.2, 0.25) is 0 Å². The monoisotopic (exact) mass is 395 g/mol. The highest BCUT2D eigenvalue weighted by Crippen LogP contribution is 2.30. The van der Waals surface area contributed by atoms with Crippen molar-refractivity contribution in [3.8, 4) is 5.75 Å². The number of hydrogen-bond acceptors (Lipinski definition) is 4. The molecule has 1 saturated heterocycles. The van der Waals surface area contributed by atoms with Gasteiger partial charge in [-0.1, -0.05) is 35.9 Å². The Balaban J connectivity index is 1.67. The summed E-state index contributed by atoms with van der Waals surface area (Å²) in [7, 11) is 0. The van der Waals surface area contributed by atoms with Crippen molar-refractivity contribution in [3.05, 3.63) is 65.2 Å². The van der Waals surface area contributed by atoms with E-state index in [-0.39, 0.29) is 5.78 Å². The van der Waals surface area contributed by atoms with Crippen LogP contribution in [0.4, 0.5) is 0 Å². The second-order valence-electron chi connectivity index (χ2n) is 8.36. The van der Waals surface area contributed by atoms with Crippen LogP contribution < -0.4 is 4.74 Å². The van der Waals surface area contributed by atoms with E-state index in [4.69, 9.17) is 4.74 Å². The Morgan fingerprint density at radius 1 is 1.17 bits per heavy atom. The van der Waals surface area contributed by atoms with Gasteiger partial charge >= 0.3 is 5.97 Å². The number of likely N-dealkylation sites (tertiary alicyclic amines) is 1. The number of Topliss-reactive ketones (excluding diaryl/α,β-unsaturated/α-hetero) is 1. The molecule has 5 heteroatoms. The number of nitrogens with zero attached hydrogens (tertiary/aromatic N) is 1. The molecule has 1 heterocycles. The van der Waals surface area contributed by atoms with Crippen LogP contribution in [0.25, 0.3) is 0 Å². The molecular weight excluding hydrogens is 366 g/mol. The van der Waals surface area contributed by atoms with Crippen molar-refractivity contribution >= 4 is 11.8 Å². The summed E-state index contributed by atoms with van der Waals surface area (Å²) < 4.78 is 5.69. The van der Waals surface area contributed by atoms with Crippen LogP contribution in [0.15, 0.2) is 48.5 Å². The number of benzene rings is 2. The summed E-state index contributed by atoms with van der Waals surface area (Å²) >= 11 is 0. The summed E-state index contributed by atoms with van der Waals surface area (Å²) in [5.41, 5.74) is 1.69. The molecular formula is C24H29NO4. The molecule has 5 nitrogen and oxygen atoms in total. The molecule has 0 spiro atoms. The van der Waals surface area contributed by atoms with Gasteiger partial charge in [0, 0.05) is 12.1 Å². The molecule has 0 bridgehead atoms. The molecule has 29 heavy (non-hydrogen) atoms. The quantitative estimate of drug-likeness (QED) is 0.708. The lowest BCUT2D eigenvalue weighted by Gasteiger charge is -2.33. The summed E-state index contributed by atoms with van der Waals surface area (Å²) in [6.45, 7) is 7.22. The molecule has 3 rings (SSSR count). The maximum absolute atomic E-state index is 12.7. The number of carboxylic acids is 1. The van der Waals surface area contributed by atoms with Crippen molar-refractivity contribution in [2.45, 2.75) is 45.1 Å². The molecule has 2 aromatic carbocycles. The van der Waals surface area contributed by atoms with Crippen molar-refractivity contribution < 1.29 is 19.4 Å². The smallest absolute Gasteiger partial charge is 0.347 e. The van der Waals surface area contributed by atoms with Crippen molar-refractivity contribution in [1.82, 2.24) is 4.90 Å². The van der Waals surface area contributed by atoms with Crippen molar-refractivity contribution in [1.29, 1.82) is 0 Å². The van der Waals surface area contributed by atoms with Crippen molar-refractivity contribution in [3.63, 3.8) is 0 Å². The first-order valence-corrected chi connectivity index (χ1v) is 10.1. The van der Waals surface area contributed by atoms with E-state index >= 15 is 0 Å². The van der Waals surface area contributed by atoms with Gasteiger partial charge in [0.15, 0.2) is 11.4 Å². The van der Waals surface area contributed by atoms with Crippen LogP contribution in [0.1, 0.15) is 54.1 Å². The standard InChI is InChI=1S/C24H29NO4/c1-17-7-4-9-19(13-17)22(26)16-25-12-6-10-20(15-25)18-8-5-11-21(14-18)29-24(2,3)23(27)28/h4-5,7-9,11,13-14,20H,6,10,12,15-16H2,1-3H3,(H,27,28). The van der Waals surface area contributed by atoms with Gasteiger partial charge in [0.1, 0.15) is 5.75 Å². The number of hydrogen-bond donors (Lipinski definition) is 1. The molecule has 0 aromatic heterocycles. The average molecular weight is 395 g/mol. The van der Waals surface area contributed by atoms with E-state index < -0.39 is 11.6 Å². The van der Waals surface area contributed by atoms with Gasteiger partial charge in [0.05, 0.1) is 6.54 Å². The molecule has 154 valence electrons. The van der Waals surface area contributed by atoms with Crippen molar-refractivity contribution in [2.75, 3.05) is 19.6 Å². The fourth-order valence-electron chi connectivity index (χ4n) is 3.75. The largest absolute Gasteiger partial charge is 0.478 e. The third-order valence-corrected chi connectivity index (χ3v) is 5.43. The second-order valence-corrected chi connectivity index (χ2v) is 8.36. The molecule has 1 N–H and O–H groups in total. The van der Waals surface area contributed by atoms with Crippen LogP contribution >= 0.6 is 0 Å². The van der Waals surface area contributed by atoms with Crippen molar-refractivity contribution in [2.24, 2.45) is 0 Å². The predicted molar refractivity (Wildman–Crippen MR) is 113 cm³/mol. The SMILES string of the molecule is Cc1cccc(C(=O)CN2CCCC(c3cccc(OC(C)(C)C(=O)O)c3)C2)c1. The molecule has 1 aliphatic heterocycles. The lowest BCUT2D eigenvalue weighted by molar-refractivity contribution is -0.152. The number of aliphatic carboxylic acids is 1. The summed E-state index contributed by atoms with van der Waals surface area (Å²) in [6, 6.07) is 15.4. The zero-order chi connectivity index (χ0) is 21.0. The molecule has 1 aliphatic rings. The van der Waals surface area contributed by atoms with E-state index in [0.29, 0.717) is 18.2 Å². The maximum Gasteiger partial charge on any atom is 0.347 e. The Morgan fingerprint density at radius 2 is 1.93 bits per heavy atom. The number of carbonyl (C=O) groups excluding carboxylic acids is 1. The second kappa shape index (κ2) is 8.78. The highest BCUT2D eigenvalue weighted by Gasteiger charge is 2.30. The molecule has 0 radical (unpaired) electrons. The number of aryl methyl sites for hydroxylation is 1. The minimum atomic E-state index is -1.28. The van der Waals surface area contributed by atoms with E-state index in [0.717, 1.165) is 42.6 Å². The Morgan fingerprint density at radius 3 is 2.66 bits per heavy atom. The third kappa shape index (κ3) is 5.45. The normalized spacial score (nSPS) is 17.7. The van der Waals surface area contributed by atoms with E-state index in [1.807, 2.05) is 43.3 Å². The molecule has 0 aliphatic carbocycles. The van der Waals surface area contributed by atoms with E-state index in [2.05, 4.69) is 11.0 Å². The highest BCUT2D eigenvalue weighted by molar-refractivity contribution is 5.97. The first kappa shape index (κ1) is 21.1. The first-order valence-electron chi connectivity index (χ1n) is 10.1. The molecule has 1 atom stereocenters. The van der Waals surface area contributed by atoms with Crippen LogP contribution in [0.2, 0.25) is 0 Å². The number of piperidine rings is 1. The Kier molecular flexibility index (Phi) is 6.38. The van der Waals surface area contributed by atoms with E-state index in [1.165, 1.54) is 0 Å². The maximum atomic E-state index is 12.7. The Hall–Kier alpha value is -2.66. The van der Waals surface area contributed by atoms with Crippen LogP contribution in [-0.4, -0.2) is 47.0 Å². The summed E-state index contributed by atoms with van der Waals surface area (Å²) in [4.78, 5) is 26.2. The minimum absolute atomic E-state index is 0.148. The summed E-state index contributed by atoms with van der Waals surface area (Å²) in [5.74, 6) is 0.00413. The van der Waals surface area contributed by atoms with Gasteiger partial charge < -0.3 is 9.84 Å². The summed E-state index contributed by atoms with van der Waals surface area (Å²) in [5, 5.41) is 9.29. The Bertz CT molecular complexity index is 890. The van der Waals surface area contributed by atoms with Gasteiger partial charge in [-0.3, -0.25) is 9.69 Å². The predicted octanol–water partition coefficient (Wildman–Crippen LogP) is 4.30. The zero-order valence-corrected chi connectivity index (χ0v) is 17.4. The molecule has 0 amide bonds. The van der Waals surface area contributed by atoms with E-state index in [9.17, 15) is 14.7 Å². The highest BCUT2D eigenvalue weighted by atomic mass is 16.5. The number of rotatable bonds is 7. The van der Waals surface area contributed by atoms with E-state index in [1.54, 1.807) is 19.9 Å².